The van der Waals surface area contributed by atoms with E-state index in [2.05, 4.69) is 5.32 Å². The Morgan fingerprint density at radius 3 is 2.34 bits per heavy atom. The van der Waals surface area contributed by atoms with Crippen molar-refractivity contribution >= 4 is 52.5 Å². The van der Waals surface area contributed by atoms with Gasteiger partial charge in [-0.25, -0.2) is 0 Å². The van der Waals surface area contributed by atoms with E-state index in [9.17, 15) is 10.1 Å². The Morgan fingerprint density at radius 2 is 1.69 bits per heavy atom. The summed E-state index contributed by atoms with van der Waals surface area (Å²) in [6.07, 6.45) is 1.56. The normalized spacial score (nSPS) is 11.2. The Labute approximate surface area is 183 Å². The molecule has 1 N–H and O–H groups in total. The number of nitrogens with one attached hydrogen (secondary N) is 1. The molecule has 29 heavy (non-hydrogen) atoms. The van der Waals surface area contributed by atoms with Gasteiger partial charge in [0.15, 0.2) is 0 Å². The average molecular weight is 445 g/mol. The molecular weight excluding hydrogens is 429 g/mol. The lowest BCUT2D eigenvalue weighted by Crippen LogP contribution is -2.13. The molecule has 2 aromatic carbocycles. The Kier molecular flexibility index (Phi) is 6.34. The second-order valence-electron chi connectivity index (χ2n) is 6.39. The van der Waals surface area contributed by atoms with Crippen LogP contribution in [0.3, 0.4) is 0 Å². The third-order valence-corrected chi connectivity index (χ3v) is 5.19. The highest BCUT2D eigenvalue weighted by atomic mass is 35.5. The number of amides is 1. The van der Waals surface area contributed by atoms with E-state index in [4.69, 9.17) is 34.8 Å². The van der Waals surface area contributed by atoms with Crippen LogP contribution < -0.4 is 5.32 Å². The second-order valence-corrected chi connectivity index (χ2v) is 7.67. The molecular formula is C22H16Cl3N3O. The van der Waals surface area contributed by atoms with Crippen LogP contribution in [-0.4, -0.2) is 10.5 Å². The maximum Gasteiger partial charge on any atom is 0.266 e. The van der Waals surface area contributed by atoms with Crippen LogP contribution in [0.2, 0.25) is 15.1 Å². The average Bonchev–Trinajstić information content (AvgIpc) is 2.96. The summed E-state index contributed by atoms with van der Waals surface area (Å²) >= 11 is 18.3. The SMILES string of the molecule is Cc1cc(/C=C(/C#N)C(=O)Nc2ccc(Cl)cc2)c(C)n1-c1cc(Cl)ccc1Cl. The molecule has 0 spiro atoms. The number of hydrogen-bond donors (Lipinski definition) is 1. The fraction of sp³-hybridized carbons (Fsp3) is 0.0909. The second kappa shape index (κ2) is 8.75. The van der Waals surface area contributed by atoms with Crippen LogP contribution in [0.5, 0.6) is 0 Å². The molecule has 0 aliphatic carbocycles. The number of aryl methyl sites for hydroxylation is 1. The van der Waals surface area contributed by atoms with Crippen molar-refractivity contribution in [3.05, 3.63) is 86.1 Å². The molecule has 0 unspecified atom stereocenters. The van der Waals surface area contributed by atoms with Gasteiger partial charge in [0.05, 0.1) is 10.7 Å². The van der Waals surface area contributed by atoms with Crippen LogP contribution >= 0.6 is 34.8 Å². The lowest BCUT2D eigenvalue weighted by Gasteiger charge is -2.12. The van der Waals surface area contributed by atoms with Gasteiger partial charge in [0.1, 0.15) is 11.6 Å². The monoisotopic (exact) mass is 443 g/mol. The molecule has 3 rings (SSSR count). The molecule has 0 aliphatic heterocycles. The zero-order valence-corrected chi connectivity index (χ0v) is 17.9. The predicted molar refractivity (Wildman–Crippen MR) is 119 cm³/mol. The Balaban J connectivity index is 1.96. The van der Waals surface area contributed by atoms with Crippen molar-refractivity contribution in [3.63, 3.8) is 0 Å². The van der Waals surface area contributed by atoms with Crippen molar-refractivity contribution < 1.29 is 4.79 Å². The molecule has 146 valence electrons. The number of hydrogen-bond acceptors (Lipinski definition) is 2. The molecule has 0 saturated heterocycles. The van der Waals surface area contributed by atoms with Gasteiger partial charge in [-0.1, -0.05) is 34.8 Å². The number of rotatable bonds is 4. The number of nitriles is 1. The highest BCUT2D eigenvalue weighted by Gasteiger charge is 2.15. The smallest absolute Gasteiger partial charge is 0.266 e. The van der Waals surface area contributed by atoms with Crippen LogP contribution in [-0.2, 0) is 4.79 Å². The van der Waals surface area contributed by atoms with Gasteiger partial charge in [0.2, 0.25) is 0 Å². The molecule has 0 atom stereocenters. The van der Waals surface area contributed by atoms with Gasteiger partial charge >= 0.3 is 0 Å². The summed E-state index contributed by atoms with van der Waals surface area (Å²) in [6.45, 7) is 3.81. The van der Waals surface area contributed by atoms with Gasteiger partial charge in [0, 0.05) is 27.1 Å². The minimum Gasteiger partial charge on any atom is -0.321 e. The van der Waals surface area contributed by atoms with Crippen LogP contribution in [0.1, 0.15) is 17.0 Å². The first-order chi connectivity index (χ1) is 13.8. The van der Waals surface area contributed by atoms with Crippen molar-refractivity contribution in [2.45, 2.75) is 13.8 Å². The molecule has 1 aromatic heterocycles. The van der Waals surface area contributed by atoms with Crippen molar-refractivity contribution in [2.24, 2.45) is 0 Å². The highest BCUT2D eigenvalue weighted by Crippen LogP contribution is 2.30. The van der Waals surface area contributed by atoms with Gasteiger partial charge in [-0.3, -0.25) is 4.79 Å². The number of aromatic nitrogens is 1. The summed E-state index contributed by atoms with van der Waals surface area (Å²) in [5, 5.41) is 13.9. The number of carbonyl (C=O) groups excluding carboxylic acids is 1. The number of anilines is 1. The Bertz CT molecular complexity index is 1160. The zero-order valence-electron chi connectivity index (χ0n) is 15.6. The van der Waals surface area contributed by atoms with E-state index in [1.807, 2.05) is 30.6 Å². The van der Waals surface area contributed by atoms with Crippen molar-refractivity contribution in [3.8, 4) is 11.8 Å². The first-order valence-electron chi connectivity index (χ1n) is 8.63. The van der Waals surface area contributed by atoms with Crippen LogP contribution in [0.25, 0.3) is 11.8 Å². The third kappa shape index (κ3) is 4.65. The Hall–Kier alpha value is -2.71. The van der Waals surface area contributed by atoms with E-state index >= 15 is 0 Å². The third-order valence-electron chi connectivity index (χ3n) is 4.39. The standard InChI is InChI=1S/C22H16Cl3N3O/c1-13-9-15(14(2)28(13)21-11-18(24)5-8-20(21)25)10-16(12-26)22(29)27-19-6-3-17(23)4-7-19/h3-11H,1-2H3,(H,27,29)/b16-10-. The van der Waals surface area contributed by atoms with E-state index in [0.29, 0.717) is 20.8 Å². The predicted octanol–water partition coefficient (Wildman–Crippen LogP) is 6.60. The maximum atomic E-state index is 12.5. The van der Waals surface area contributed by atoms with E-state index in [1.165, 1.54) is 0 Å². The fourth-order valence-electron chi connectivity index (χ4n) is 3.00. The summed E-state index contributed by atoms with van der Waals surface area (Å²) in [5.41, 5.74) is 3.74. The summed E-state index contributed by atoms with van der Waals surface area (Å²) < 4.78 is 1.94. The topological polar surface area (TPSA) is 57.8 Å². The molecule has 4 nitrogen and oxygen atoms in total. The number of benzene rings is 2. The van der Waals surface area contributed by atoms with Crippen LogP contribution in [0.15, 0.2) is 54.1 Å². The van der Waals surface area contributed by atoms with Gasteiger partial charge in [-0.2, -0.15) is 5.26 Å². The maximum absolute atomic E-state index is 12.5. The summed E-state index contributed by atoms with van der Waals surface area (Å²) in [5.74, 6) is -0.500. The molecule has 0 saturated carbocycles. The summed E-state index contributed by atoms with van der Waals surface area (Å²) in [7, 11) is 0. The van der Waals surface area contributed by atoms with Crippen LogP contribution in [0.4, 0.5) is 5.69 Å². The van der Waals surface area contributed by atoms with Gasteiger partial charge < -0.3 is 9.88 Å². The summed E-state index contributed by atoms with van der Waals surface area (Å²) in [4.78, 5) is 12.5. The molecule has 0 fully saturated rings. The van der Waals surface area contributed by atoms with Crippen molar-refractivity contribution in [1.82, 2.24) is 4.57 Å². The molecule has 0 bridgehead atoms. The Morgan fingerprint density at radius 1 is 1.03 bits per heavy atom. The largest absolute Gasteiger partial charge is 0.321 e. The van der Waals surface area contributed by atoms with Crippen LogP contribution in [0, 0.1) is 25.2 Å². The van der Waals surface area contributed by atoms with E-state index in [1.54, 1.807) is 48.5 Å². The van der Waals surface area contributed by atoms with Crippen molar-refractivity contribution in [2.75, 3.05) is 5.32 Å². The molecule has 3 aromatic rings. The van der Waals surface area contributed by atoms with Gasteiger partial charge in [-0.05, 0) is 74.0 Å². The minimum atomic E-state index is -0.500. The number of halogens is 3. The quantitative estimate of drug-likeness (QED) is 0.364. The summed E-state index contributed by atoms with van der Waals surface area (Å²) in [6, 6.07) is 15.7. The van der Waals surface area contributed by atoms with E-state index in [0.717, 1.165) is 22.6 Å². The zero-order chi connectivity index (χ0) is 21.1. The first-order valence-corrected chi connectivity index (χ1v) is 9.76. The highest BCUT2D eigenvalue weighted by molar-refractivity contribution is 6.34. The van der Waals surface area contributed by atoms with Gasteiger partial charge in [-0.15, -0.1) is 0 Å². The van der Waals surface area contributed by atoms with E-state index in [-0.39, 0.29) is 5.57 Å². The number of carbonyl (C=O) groups is 1. The lowest BCUT2D eigenvalue weighted by molar-refractivity contribution is -0.112. The molecule has 1 amide bonds. The van der Waals surface area contributed by atoms with E-state index < -0.39 is 5.91 Å². The molecule has 0 radical (unpaired) electrons. The number of nitrogens with zero attached hydrogens (tertiary/aromatic N) is 2. The molecule has 0 aliphatic rings. The fourth-order valence-corrected chi connectivity index (χ4v) is 3.49. The molecule has 1 heterocycles. The van der Waals surface area contributed by atoms with Gasteiger partial charge in [0.25, 0.3) is 5.91 Å². The minimum absolute atomic E-state index is 0.0163. The lowest BCUT2D eigenvalue weighted by atomic mass is 10.1. The first kappa shape index (κ1) is 21.0. The molecule has 7 heteroatoms. The van der Waals surface area contributed by atoms with Crippen molar-refractivity contribution in [1.29, 1.82) is 5.26 Å².